The predicted molar refractivity (Wildman–Crippen MR) is 138 cm³/mol. The van der Waals surface area contributed by atoms with Crippen molar-refractivity contribution >= 4 is 46.4 Å². The Morgan fingerprint density at radius 3 is 2.08 bits per heavy atom. The highest BCUT2D eigenvalue weighted by molar-refractivity contribution is 6.51. The van der Waals surface area contributed by atoms with Crippen LogP contribution in [0.25, 0.3) is 0 Å². The van der Waals surface area contributed by atoms with Crippen LogP contribution in [0.15, 0.2) is 64.8 Å². The molecule has 4 amide bonds. The van der Waals surface area contributed by atoms with Gasteiger partial charge in [0.05, 0.1) is 5.69 Å². The Bertz CT molecular complexity index is 1280. The topological polar surface area (TPSA) is 174 Å². The van der Waals surface area contributed by atoms with E-state index in [1.165, 1.54) is 0 Å². The summed E-state index contributed by atoms with van der Waals surface area (Å²) in [6.45, 7) is 0.668. The van der Waals surface area contributed by atoms with Crippen LogP contribution in [0.3, 0.4) is 0 Å². The van der Waals surface area contributed by atoms with Crippen LogP contribution in [0.1, 0.15) is 25.7 Å². The van der Waals surface area contributed by atoms with E-state index in [0.717, 1.165) is 18.5 Å². The Labute approximate surface area is 213 Å². The van der Waals surface area contributed by atoms with Crippen molar-refractivity contribution in [3.8, 4) is 5.75 Å². The Morgan fingerprint density at radius 2 is 1.49 bits per heavy atom. The molecule has 0 atom stereocenters. The Hall–Kier alpha value is -4.67. The molecule has 11 nitrogen and oxygen atoms in total. The van der Waals surface area contributed by atoms with Gasteiger partial charge in [0.25, 0.3) is 17.7 Å². The summed E-state index contributed by atoms with van der Waals surface area (Å²) in [4.78, 5) is 56.3. The van der Waals surface area contributed by atoms with Gasteiger partial charge in [-0.3, -0.25) is 19.2 Å². The summed E-state index contributed by atoms with van der Waals surface area (Å²) in [5.41, 5.74) is 18.3. The first-order valence-corrected chi connectivity index (χ1v) is 11.9. The number of anilines is 2. The summed E-state index contributed by atoms with van der Waals surface area (Å²) in [5.74, 6) is -1.40. The van der Waals surface area contributed by atoms with Gasteiger partial charge in [0.1, 0.15) is 17.2 Å². The van der Waals surface area contributed by atoms with Crippen molar-refractivity contribution in [2.75, 3.05) is 29.5 Å². The lowest BCUT2D eigenvalue weighted by molar-refractivity contribution is -0.120. The molecule has 0 radical (unpaired) electrons. The molecule has 0 aromatic heterocycles. The summed E-state index contributed by atoms with van der Waals surface area (Å²) >= 11 is 0. The van der Waals surface area contributed by atoms with Gasteiger partial charge in [-0.15, -0.1) is 0 Å². The average molecular weight is 505 g/mol. The largest absolute Gasteiger partial charge is 0.484 e. The molecule has 2 aromatic carbocycles. The van der Waals surface area contributed by atoms with Gasteiger partial charge in [-0.1, -0.05) is 0 Å². The van der Waals surface area contributed by atoms with Gasteiger partial charge in [-0.2, -0.15) is 0 Å². The van der Waals surface area contributed by atoms with E-state index in [2.05, 4.69) is 4.99 Å². The molecule has 0 spiro atoms. The van der Waals surface area contributed by atoms with Gasteiger partial charge in [0.15, 0.2) is 6.61 Å². The first kappa shape index (κ1) is 25.4. The third kappa shape index (κ3) is 5.77. The zero-order valence-electron chi connectivity index (χ0n) is 20.2. The van der Waals surface area contributed by atoms with Gasteiger partial charge >= 0.3 is 0 Å². The van der Waals surface area contributed by atoms with E-state index >= 15 is 0 Å². The molecule has 0 unspecified atom stereocenters. The van der Waals surface area contributed by atoms with Gasteiger partial charge in [0.2, 0.25) is 5.91 Å². The molecule has 2 aliphatic heterocycles. The number of piperidine rings is 2. The minimum atomic E-state index is -0.838. The van der Waals surface area contributed by atoms with Gasteiger partial charge in [0, 0.05) is 36.5 Å². The normalized spacial score (nSPS) is 18.6. The second-order valence-electron chi connectivity index (χ2n) is 8.69. The van der Waals surface area contributed by atoms with Gasteiger partial charge in [-0.05, 0) is 67.8 Å². The number of benzene rings is 2. The van der Waals surface area contributed by atoms with Crippen molar-refractivity contribution in [3.63, 3.8) is 0 Å². The van der Waals surface area contributed by atoms with Crippen molar-refractivity contribution in [1.29, 1.82) is 0 Å². The second-order valence-corrected chi connectivity index (χ2v) is 8.69. The molecule has 37 heavy (non-hydrogen) atoms. The number of ether oxygens (including phenoxy) is 1. The van der Waals surface area contributed by atoms with Gasteiger partial charge < -0.3 is 31.7 Å². The van der Waals surface area contributed by atoms with E-state index in [9.17, 15) is 19.2 Å². The average Bonchev–Trinajstić information content (AvgIpc) is 2.89. The van der Waals surface area contributed by atoms with E-state index in [4.69, 9.17) is 21.9 Å². The maximum atomic E-state index is 13.6. The number of nitrogens with two attached hydrogens (primary N) is 3. The summed E-state index contributed by atoms with van der Waals surface area (Å²) in [6.07, 6.45) is 2.64. The van der Waals surface area contributed by atoms with Crippen molar-refractivity contribution in [3.05, 3.63) is 59.8 Å². The van der Waals surface area contributed by atoms with Crippen LogP contribution in [0.5, 0.6) is 5.75 Å². The number of hydrogen-bond donors (Lipinski definition) is 3. The molecule has 2 saturated heterocycles. The lowest BCUT2D eigenvalue weighted by Crippen LogP contribution is -2.44. The van der Waals surface area contributed by atoms with E-state index in [0.29, 0.717) is 30.1 Å². The lowest BCUT2D eigenvalue weighted by Gasteiger charge is -2.31. The van der Waals surface area contributed by atoms with Crippen LogP contribution < -0.4 is 31.7 Å². The van der Waals surface area contributed by atoms with E-state index in [1.807, 2.05) is 12.1 Å². The molecule has 2 aromatic rings. The fourth-order valence-corrected chi connectivity index (χ4v) is 4.26. The summed E-state index contributed by atoms with van der Waals surface area (Å²) < 4.78 is 5.25. The van der Waals surface area contributed by atoms with Crippen molar-refractivity contribution in [2.45, 2.75) is 25.7 Å². The first-order chi connectivity index (χ1) is 17.7. The first-order valence-electron chi connectivity index (χ1n) is 11.9. The summed E-state index contributed by atoms with van der Waals surface area (Å²) in [6, 6.07) is 13.5. The molecular weight excluding hydrogens is 476 g/mol. The minimum absolute atomic E-state index is 0.00337. The standard InChI is InChI=1S/C26H28N6O5/c27-21(33)15-37-19-10-4-16(5-11-19)30-24-20(23(28)25(29)35)12-14-32(26(24)36)18-8-6-17(7-9-18)31-13-2-1-3-22(31)34/h4-11H,1-3,12-15,28H2,(H2,27,33)(H2,29,35). The van der Waals surface area contributed by atoms with Gasteiger partial charge in [-0.25, -0.2) is 4.99 Å². The molecule has 192 valence electrons. The smallest absolute Gasteiger partial charge is 0.277 e. The van der Waals surface area contributed by atoms with Crippen molar-refractivity contribution in [1.82, 2.24) is 0 Å². The molecular formula is C26H28N6O5. The van der Waals surface area contributed by atoms with Crippen LogP contribution in [0.2, 0.25) is 0 Å². The number of primary amides is 2. The Balaban J connectivity index is 1.62. The maximum absolute atomic E-state index is 13.6. The molecule has 11 heteroatoms. The molecule has 4 rings (SSSR count). The second kappa shape index (κ2) is 10.9. The van der Waals surface area contributed by atoms with Crippen molar-refractivity contribution < 1.29 is 23.9 Å². The number of carbonyl (C=O) groups excluding carboxylic acids is 4. The highest BCUT2D eigenvalue weighted by Crippen LogP contribution is 2.29. The zero-order chi connectivity index (χ0) is 26.5. The Kier molecular flexibility index (Phi) is 7.52. The van der Waals surface area contributed by atoms with Crippen LogP contribution >= 0.6 is 0 Å². The van der Waals surface area contributed by atoms with Crippen LogP contribution in [0.4, 0.5) is 17.1 Å². The number of amides is 4. The van der Waals surface area contributed by atoms with Crippen LogP contribution in [0, 0.1) is 0 Å². The SMILES string of the molecule is NC(=O)COc1ccc(N=C2C(=O)N(c3ccc(N4CCCCC4=O)cc3)CCC2=C(N)C(N)=O)cc1. The molecule has 2 heterocycles. The third-order valence-electron chi connectivity index (χ3n) is 6.16. The lowest BCUT2D eigenvalue weighted by atomic mass is 9.97. The number of hydrogen-bond acceptors (Lipinski definition) is 7. The third-order valence-corrected chi connectivity index (χ3v) is 6.16. The number of nitrogens with zero attached hydrogens (tertiary/aromatic N) is 3. The van der Waals surface area contributed by atoms with E-state index in [-0.39, 0.29) is 42.5 Å². The number of aliphatic imine (C=N–C) groups is 1. The number of rotatable bonds is 7. The molecule has 2 fully saturated rings. The number of carbonyl (C=O) groups is 4. The molecule has 0 aliphatic carbocycles. The minimum Gasteiger partial charge on any atom is -0.484 e. The van der Waals surface area contributed by atoms with Crippen LogP contribution in [-0.2, 0) is 19.2 Å². The molecule has 6 N–H and O–H groups in total. The highest BCUT2D eigenvalue weighted by Gasteiger charge is 2.32. The maximum Gasteiger partial charge on any atom is 0.277 e. The fraction of sp³-hybridized carbons (Fsp3) is 0.269. The molecule has 0 saturated carbocycles. The zero-order valence-corrected chi connectivity index (χ0v) is 20.2. The predicted octanol–water partition coefficient (Wildman–Crippen LogP) is 1.28. The quantitative estimate of drug-likeness (QED) is 0.479. The monoisotopic (exact) mass is 504 g/mol. The summed E-state index contributed by atoms with van der Waals surface area (Å²) in [7, 11) is 0. The fourth-order valence-electron chi connectivity index (χ4n) is 4.26. The van der Waals surface area contributed by atoms with E-state index in [1.54, 1.807) is 46.2 Å². The summed E-state index contributed by atoms with van der Waals surface area (Å²) in [5, 5.41) is 0. The van der Waals surface area contributed by atoms with Crippen molar-refractivity contribution in [2.24, 2.45) is 22.2 Å². The van der Waals surface area contributed by atoms with Crippen LogP contribution in [-0.4, -0.2) is 49.0 Å². The highest BCUT2D eigenvalue weighted by atomic mass is 16.5. The van der Waals surface area contributed by atoms with E-state index < -0.39 is 17.7 Å². The molecule has 2 aliphatic rings. The Morgan fingerprint density at radius 1 is 0.838 bits per heavy atom. The molecule has 0 bridgehead atoms.